The smallest absolute Gasteiger partial charge is 0.339 e. The number of aromatic nitrogens is 2. The van der Waals surface area contributed by atoms with E-state index in [2.05, 4.69) is 9.97 Å². The van der Waals surface area contributed by atoms with Gasteiger partial charge < -0.3 is 19.5 Å². The number of rotatable bonds is 8. The lowest BCUT2D eigenvalue weighted by atomic mass is 10.0. The number of hydrogen-bond acceptors (Lipinski definition) is 6. The van der Waals surface area contributed by atoms with E-state index in [1.165, 1.54) is 30.5 Å². The molecule has 0 unspecified atom stereocenters. The largest absolute Gasteiger partial charge is 0.487 e. The van der Waals surface area contributed by atoms with E-state index < -0.39 is 17.8 Å². The molecule has 1 fully saturated rings. The highest BCUT2D eigenvalue weighted by Gasteiger charge is 2.31. The number of hydrogen-bond donors (Lipinski definition) is 1. The van der Waals surface area contributed by atoms with Crippen molar-refractivity contribution in [3.63, 3.8) is 0 Å². The Hall–Kier alpha value is -3.72. The van der Waals surface area contributed by atoms with Crippen molar-refractivity contribution in [3.05, 3.63) is 82.6 Å². The van der Waals surface area contributed by atoms with Crippen LogP contribution in [0.3, 0.4) is 0 Å². The Morgan fingerprint density at radius 1 is 1.06 bits per heavy atom. The summed E-state index contributed by atoms with van der Waals surface area (Å²) in [4.78, 5) is 35.1. The number of likely N-dealkylation sites (tertiary alicyclic amines) is 1. The quantitative estimate of drug-likeness (QED) is 0.480. The number of halogens is 2. The van der Waals surface area contributed by atoms with Crippen molar-refractivity contribution >= 4 is 23.5 Å². The van der Waals surface area contributed by atoms with Crippen LogP contribution in [0.4, 0.5) is 4.39 Å². The third-order valence-corrected chi connectivity index (χ3v) is 5.86. The topological polar surface area (TPSA) is 102 Å². The first-order valence-electron chi connectivity index (χ1n) is 11.1. The number of aromatic carboxylic acids is 1. The number of piperidine rings is 1. The van der Waals surface area contributed by atoms with E-state index >= 15 is 0 Å². The Balaban J connectivity index is 1.51. The van der Waals surface area contributed by atoms with E-state index in [-0.39, 0.29) is 30.4 Å². The lowest BCUT2D eigenvalue weighted by Crippen LogP contribution is -2.42. The van der Waals surface area contributed by atoms with Crippen LogP contribution in [0.15, 0.2) is 54.7 Å². The minimum absolute atomic E-state index is 0.101. The van der Waals surface area contributed by atoms with Gasteiger partial charge in [0.05, 0.1) is 11.7 Å². The molecular formula is C25H23ClFN3O5. The third-order valence-electron chi connectivity index (χ3n) is 5.60. The number of benzene rings is 2. The van der Waals surface area contributed by atoms with Crippen LogP contribution in [0.1, 0.15) is 47.2 Å². The zero-order chi connectivity index (χ0) is 24.8. The van der Waals surface area contributed by atoms with Crippen LogP contribution in [-0.2, 0) is 11.4 Å². The number of ether oxygens (including phenoxy) is 2. The SMILES string of the molecule is O=C(O)c1cnc([C@@H]2CCCCN2C(=O)COc2ccc(Cl)cc2)nc1COc1ccc(F)cc1. The maximum Gasteiger partial charge on any atom is 0.339 e. The van der Waals surface area contributed by atoms with Crippen molar-refractivity contribution in [2.75, 3.05) is 13.2 Å². The van der Waals surface area contributed by atoms with Crippen LogP contribution >= 0.6 is 11.6 Å². The van der Waals surface area contributed by atoms with Gasteiger partial charge in [0.25, 0.3) is 5.91 Å². The first-order valence-corrected chi connectivity index (χ1v) is 11.4. The first-order chi connectivity index (χ1) is 16.9. The molecule has 1 aromatic heterocycles. The van der Waals surface area contributed by atoms with Crippen molar-refractivity contribution in [1.29, 1.82) is 0 Å². The standard InChI is InChI=1S/C25H23ClFN3O5/c26-16-4-8-18(9-5-16)35-15-23(31)30-12-2-1-3-22(30)24-28-13-20(25(32)33)21(29-24)14-34-19-10-6-17(27)7-11-19/h4-11,13,22H,1-3,12,14-15H2,(H,32,33)/t22-/m0/s1. The number of carboxylic acids is 1. The summed E-state index contributed by atoms with van der Waals surface area (Å²) in [6, 6.07) is 11.7. The number of carbonyl (C=O) groups is 2. The number of amides is 1. The number of nitrogens with zero attached hydrogens (tertiary/aromatic N) is 3. The minimum Gasteiger partial charge on any atom is -0.487 e. The van der Waals surface area contributed by atoms with Crippen LogP contribution in [-0.4, -0.2) is 45.0 Å². The molecule has 1 aliphatic rings. The summed E-state index contributed by atoms with van der Waals surface area (Å²) in [7, 11) is 0. The van der Waals surface area contributed by atoms with E-state index in [0.29, 0.717) is 35.3 Å². The average molecular weight is 500 g/mol. The third kappa shape index (κ3) is 6.24. The van der Waals surface area contributed by atoms with Gasteiger partial charge in [-0.3, -0.25) is 4.79 Å². The molecule has 2 heterocycles. The van der Waals surface area contributed by atoms with Gasteiger partial charge in [-0.1, -0.05) is 11.6 Å². The summed E-state index contributed by atoms with van der Waals surface area (Å²) < 4.78 is 24.4. The van der Waals surface area contributed by atoms with Gasteiger partial charge >= 0.3 is 5.97 Å². The predicted molar refractivity (Wildman–Crippen MR) is 125 cm³/mol. The molecule has 35 heavy (non-hydrogen) atoms. The summed E-state index contributed by atoms with van der Waals surface area (Å²) in [5.74, 6) is -0.584. The maximum atomic E-state index is 13.1. The second-order valence-corrected chi connectivity index (χ2v) is 8.41. The van der Waals surface area contributed by atoms with Crippen LogP contribution in [0.2, 0.25) is 5.02 Å². The fraction of sp³-hybridized carbons (Fsp3) is 0.280. The minimum atomic E-state index is -1.19. The van der Waals surface area contributed by atoms with E-state index in [9.17, 15) is 19.1 Å². The zero-order valence-electron chi connectivity index (χ0n) is 18.7. The van der Waals surface area contributed by atoms with Crippen molar-refractivity contribution in [3.8, 4) is 11.5 Å². The Bertz CT molecular complexity index is 1190. The first kappa shape index (κ1) is 24.4. The highest BCUT2D eigenvalue weighted by atomic mass is 35.5. The normalized spacial score (nSPS) is 15.5. The molecule has 1 aliphatic heterocycles. The highest BCUT2D eigenvalue weighted by Crippen LogP contribution is 2.30. The van der Waals surface area contributed by atoms with Gasteiger partial charge in [0.1, 0.15) is 29.5 Å². The summed E-state index contributed by atoms with van der Waals surface area (Å²) in [5, 5.41) is 10.1. The van der Waals surface area contributed by atoms with Gasteiger partial charge in [-0.15, -0.1) is 0 Å². The fourth-order valence-electron chi connectivity index (χ4n) is 3.82. The number of carbonyl (C=O) groups excluding carboxylic acids is 1. The van der Waals surface area contributed by atoms with Gasteiger partial charge in [-0.2, -0.15) is 0 Å². The van der Waals surface area contributed by atoms with E-state index in [4.69, 9.17) is 21.1 Å². The van der Waals surface area contributed by atoms with Crippen molar-refractivity contribution in [2.45, 2.75) is 31.9 Å². The molecule has 1 amide bonds. The highest BCUT2D eigenvalue weighted by molar-refractivity contribution is 6.30. The molecule has 1 saturated heterocycles. The Morgan fingerprint density at radius 2 is 1.74 bits per heavy atom. The molecule has 1 N–H and O–H groups in total. The number of carboxylic acid groups (broad SMARTS) is 1. The molecule has 0 spiro atoms. The molecule has 1 atom stereocenters. The molecular weight excluding hydrogens is 477 g/mol. The van der Waals surface area contributed by atoms with Crippen molar-refractivity contribution < 1.29 is 28.6 Å². The van der Waals surface area contributed by atoms with E-state index in [0.717, 1.165) is 12.8 Å². The lowest BCUT2D eigenvalue weighted by Gasteiger charge is -2.34. The van der Waals surface area contributed by atoms with Gasteiger partial charge in [-0.05, 0) is 67.8 Å². The molecule has 0 bridgehead atoms. The molecule has 4 rings (SSSR count). The second kappa shape index (κ2) is 11.1. The van der Waals surface area contributed by atoms with Gasteiger partial charge in [0, 0.05) is 17.8 Å². The molecule has 182 valence electrons. The molecule has 0 aliphatic carbocycles. The molecule has 0 radical (unpaired) electrons. The summed E-state index contributed by atoms with van der Waals surface area (Å²) in [6.45, 7) is 0.202. The Labute approximate surface area is 206 Å². The van der Waals surface area contributed by atoms with Gasteiger partial charge in [0.15, 0.2) is 12.4 Å². The van der Waals surface area contributed by atoms with Gasteiger partial charge in [0.2, 0.25) is 0 Å². The lowest BCUT2D eigenvalue weighted by molar-refractivity contribution is -0.137. The Morgan fingerprint density at radius 3 is 2.46 bits per heavy atom. The summed E-state index contributed by atoms with van der Waals surface area (Å²) in [6.07, 6.45) is 3.57. The molecule has 8 nitrogen and oxygen atoms in total. The van der Waals surface area contributed by atoms with Crippen LogP contribution in [0.5, 0.6) is 11.5 Å². The molecule has 2 aromatic carbocycles. The summed E-state index contributed by atoms with van der Waals surface area (Å²) >= 11 is 5.88. The predicted octanol–water partition coefficient (Wildman–Crippen LogP) is 4.68. The maximum absolute atomic E-state index is 13.1. The van der Waals surface area contributed by atoms with Crippen LogP contribution in [0.25, 0.3) is 0 Å². The van der Waals surface area contributed by atoms with Gasteiger partial charge in [-0.25, -0.2) is 19.2 Å². The van der Waals surface area contributed by atoms with E-state index in [1.807, 2.05) is 0 Å². The Kier molecular flexibility index (Phi) is 7.77. The average Bonchev–Trinajstić information content (AvgIpc) is 2.87. The van der Waals surface area contributed by atoms with Crippen LogP contribution in [0, 0.1) is 5.82 Å². The summed E-state index contributed by atoms with van der Waals surface area (Å²) in [5.41, 5.74) is 0.0674. The molecule has 0 saturated carbocycles. The van der Waals surface area contributed by atoms with Crippen molar-refractivity contribution in [2.24, 2.45) is 0 Å². The second-order valence-electron chi connectivity index (χ2n) is 7.98. The molecule has 10 heteroatoms. The van der Waals surface area contributed by atoms with Crippen LogP contribution < -0.4 is 9.47 Å². The van der Waals surface area contributed by atoms with Crippen molar-refractivity contribution in [1.82, 2.24) is 14.9 Å². The van der Waals surface area contributed by atoms with E-state index in [1.54, 1.807) is 29.2 Å². The molecule has 3 aromatic rings. The zero-order valence-corrected chi connectivity index (χ0v) is 19.4. The monoisotopic (exact) mass is 499 g/mol. The fourth-order valence-corrected chi connectivity index (χ4v) is 3.95.